The number of aromatic nitrogens is 2. The fourth-order valence-corrected chi connectivity index (χ4v) is 2.57. The molecule has 1 saturated carbocycles. The minimum Gasteiger partial charge on any atom is -0.421 e. The first-order chi connectivity index (χ1) is 9.42. The minimum atomic E-state index is 0.608. The topological polar surface area (TPSA) is 51.0 Å². The van der Waals surface area contributed by atoms with Crippen molar-refractivity contribution in [3.63, 3.8) is 0 Å². The van der Waals surface area contributed by atoms with Crippen LogP contribution in [0.2, 0.25) is 0 Å². The van der Waals surface area contributed by atoms with E-state index in [0.717, 1.165) is 18.5 Å². The van der Waals surface area contributed by atoms with Crippen molar-refractivity contribution < 1.29 is 4.42 Å². The summed E-state index contributed by atoms with van der Waals surface area (Å²) in [6.07, 6.45) is 6.13. The molecule has 1 fully saturated rings. The monoisotopic (exact) mass is 257 g/mol. The van der Waals surface area contributed by atoms with Crippen LogP contribution in [0.4, 0.5) is 0 Å². The van der Waals surface area contributed by atoms with Gasteiger partial charge in [0.05, 0.1) is 0 Å². The molecule has 1 aliphatic rings. The number of rotatable bonds is 5. The van der Waals surface area contributed by atoms with Crippen LogP contribution in [0.15, 0.2) is 34.7 Å². The molecule has 3 rings (SSSR count). The van der Waals surface area contributed by atoms with Crippen molar-refractivity contribution in [2.24, 2.45) is 0 Å². The van der Waals surface area contributed by atoms with E-state index in [0.29, 0.717) is 17.8 Å². The summed E-state index contributed by atoms with van der Waals surface area (Å²) in [4.78, 5) is 0. The van der Waals surface area contributed by atoms with Gasteiger partial charge >= 0.3 is 0 Å². The summed E-state index contributed by atoms with van der Waals surface area (Å²) in [5.41, 5.74) is 0.977. The lowest BCUT2D eigenvalue weighted by Gasteiger charge is -2.09. The van der Waals surface area contributed by atoms with Crippen molar-refractivity contribution in [2.45, 2.75) is 38.1 Å². The van der Waals surface area contributed by atoms with Crippen LogP contribution in [0.1, 0.15) is 31.6 Å². The number of hydrogen-bond donors (Lipinski definition) is 1. The molecule has 2 aromatic rings. The van der Waals surface area contributed by atoms with Crippen LogP contribution < -0.4 is 5.32 Å². The maximum Gasteiger partial charge on any atom is 0.247 e. The Labute approximate surface area is 113 Å². The summed E-state index contributed by atoms with van der Waals surface area (Å²) in [6.45, 7) is 0.918. The van der Waals surface area contributed by atoms with Gasteiger partial charge in [0.15, 0.2) is 0 Å². The predicted octanol–water partition coefficient (Wildman–Crippen LogP) is 2.81. The minimum absolute atomic E-state index is 0.608. The van der Waals surface area contributed by atoms with Gasteiger partial charge in [0.1, 0.15) is 0 Å². The summed E-state index contributed by atoms with van der Waals surface area (Å²) in [5.74, 6) is 1.32. The average Bonchev–Trinajstić information content (AvgIpc) is 3.11. The number of nitrogens with one attached hydrogen (secondary N) is 1. The third kappa shape index (κ3) is 3.20. The summed E-state index contributed by atoms with van der Waals surface area (Å²) < 4.78 is 5.67. The highest BCUT2D eigenvalue weighted by Gasteiger charge is 2.14. The normalized spacial score (nSPS) is 16.0. The molecule has 4 heteroatoms. The smallest absolute Gasteiger partial charge is 0.247 e. The molecule has 1 heterocycles. The third-order valence-electron chi connectivity index (χ3n) is 3.61. The van der Waals surface area contributed by atoms with Crippen LogP contribution in [0.25, 0.3) is 11.5 Å². The Kier molecular flexibility index (Phi) is 3.89. The van der Waals surface area contributed by atoms with Crippen molar-refractivity contribution in [2.75, 3.05) is 6.54 Å². The van der Waals surface area contributed by atoms with Gasteiger partial charge in [-0.3, -0.25) is 0 Å². The van der Waals surface area contributed by atoms with Crippen molar-refractivity contribution in [3.8, 4) is 11.5 Å². The van der Waals surface area contributed by atoms with Crippen molar-refractivity contribution >= 4 is 0 Å². The molecule has 1 aromatic heterocycles. The Balaban J connectivity index is 1.53. The standard InChI is InChI=1S/C15H19N3O/c1-2-6-12(7-3-1)15-18-17-14(19-15)10-11-16-13-8-4-5-9-13/h1-3,6-7,13,16H,4-5,8-11H2. The summed E-state index contributed by atoms with van der Waals surface area (Å²) in [5, 5.41) is 11.7. The van der Waals surface area contributed by atoms with Gasteiger partial charge in [-0.25, -0.2) is 0 Å². The first-order valence-corrected chi connectivity index (χ1v) is 7.03. The van der Waals surface area contributed by atoms with Crippen LogP contribution in [0.3, 0.4) is 0 Å². The Hall–Kier alpha value is -1.68. The van der Waals surface area contributed by atoms with Gasteiger partial charge in [-0.2, -0.15) is 0 Å². The van der Waals surface area contributed by atoms with Crippen molar-refractivity contribution in [3.05, 3.63) is 36.2 Å². The second-order valence-corrected chi connectivity index (χ2v) is 5.05. The molecule has 1 N–H and O–H groups in total. The second kappa shape index (κ2) is 5.97. The predicted molar refractivity (Wildman–Crippen MR) is 73.7 cm³/mol. The second-order valence-electron chi connectivity index (χ2n) is 5.05. The van der Waals surface area contributed by atoms with Crippen LogP contribution in [0, 0.1) is 0 Å². The van der Waals surface area contributed by atoms with Gasteiger partial charge in [-0.1, -0.05) is 31.0 Å². The molecule has 0 saturated heterocycles. The molecule has 0 bridgehead atoms. The maximum atomic E-state index is 5.67. The van der Waals surface area contributed by atoms with Crippen LogP contribution >= 0.6 is 0 Å². The third-order valence-corrected chi connectivity index (χ3v) is 3.61. The number of benzene rings is 1. The Morgan fingerprint density at radius 3 is 2.68 bits per heavy atom. The van der Waals surface area contributed by atoms with Gasteiger partial charge in [0, 0.05) is 24.6 Å². The lowest BCUT2D eigenvalue weighted by molar-refractivity contribution is 0.470. The number of nitrogens with zero attached hydrogens (tertiary/aromatic N) is 2. The Morgan fingerprint density at radius 1 is 1.11 bits per heavy atom. The highest BCUT2D eigenvalue weighted by Crippen LogP contribution is 2.18. The molecule has 0 atom stereocenters. The summed E-state index contributed by atoms with van der Waals surface area (Å²) >= 11 is 0. The van der Waals surface area contributed by atoms with E-state index in [1.54, 1.807) is 0 Å². The molecule has 4 nitrogen and oxygen atoms in total. The van der Waals surface area contributed by atoms with Gasteiger partial charge in [0.2, 0.25) is 11.8 Å². The molecule has 0 radical (unpaired) electrons. The highest BCUT2D eigenvalue weighted by atomic mass is 16.4. The molecule has 0 aliphatic heterocycles. The van der Waals surface area contributed by atoms with E-state index in [2.05, 4.69) is 15.5 Å². The van der Waals surface area contributed by atoms with Crippen LogP contribution in [-0.4, -0.2) is 22.8 Å². The molecule has 100 valence electrons. The van der Waals surface area contributed by atoms with E-state index in [1.165, 1.54) is 25.7 Å². The van der Waals surface area contributed by atoms with E-state index in [4.69, 9.17) is 4.42 Å². The summed E-state index contributed by atoms with van der Waals surface area (Å²) in [6, 6.07) is 10.6. The van der Waals surface area contributed by atoms with Gasteiger partial charge in [-0.15, -0.1) is 10.2 Å². The largest absolute Gasteiger partial charge is 0.421 e. The molecular weight excluding hydrogens is 238 g/mol. The average molecular weight is 257 g/mol. The zero-order valence-electron chi connectivity index (χ0n) is 11.0. The Morgan fingerprint density at radius 2 is 1.89 bits per heavy atom. The van der Waals surface area contributed by atoms with E-state index in [1.807, 2.05) is 30.3 Å². The number of hydrogen-bond acceptors (Lipinski definition) is 4. The van der Waals surface area contributed by atoms with E-state index in [9.17, 15) is 0 Å². The zero-order valence-corrected chi connectivity index (χ0v) is 11.0. The SMILES string of the molecule is c1ccc(-c2nnc(CCNC3CCCC3)o2)cc1. The molecule has 19 heavy (non-hydrogen) atoms. The molecular formula is C15H19N3O. The maximum absolute atomic E-state index is 5.67. The molecule has 0 amide bonds. The van der Waals surface area contributed by atoms with Crippen molar-refractivity contribution in [1.82, 2.24) is 15.5 Å². The first-order valence-electron chi connectivity index (χ1n) is 7.03. The van der Waals surface area contributed by atoms with Gasteiger partial charge in [0.25, 0.3) is 0 Å². The Bertz CT molecular complexity index is 503. The lowest BCUT2D eigenvalue weighted by atomic mass is 10.2. The highest BCUT2D eigenvalue weighted by molar-refractivity contribution is 5.51. The van der Waals surface area contributed by atoms with Crippen LogP contribution in [0.5, 0.6) is 0 Å². The lowest BCUT2D eigenvalue weighted by Crippen LogP contribution is -2.28. The van der Waals surface area contributed by atoms with Crippen LogP contribution in [-0.2, 0) is 6.42 Å². The summed E-state index contributed by atoms with van der Waals surface area (Å²) in [7, 11) is 0. The fraction of sp³-hybridized carbons (Fsp3) is 0.467. The molecule has 1 aliphatic carbocycles. The first kappa shape index (κ1) is 12.4. The molecule has 0 spiro atoms. The molecule has 1 aromatic carbocycles. The van der Waals surface area contributed by atoms with Crippen molar-refractivity contribution in [1.29, 1.82) is 0 Å². The van der Waals surface area contributed by atoms with Gasteiger partial charge in [-0.05, 0) is 25.0 Å². The van der Waals surface area contributed by atoms with E-state index >= 15 is 0 Å². The van der Waals surface area contributed by atoms with Gasteiger partial charge < -0.3 is 9.73 Å². The van der Waals surface area contributed by atoms with E-state index < -0.39 is 0 Å². The fourth-order valence-electron chi connectivity index (χ4n) is 2.57. The quantitative estimate of drug-likeness (QED) is 0.895. The zero-order chi connectivity index (χ0) is 12.9. The molecule has 0 unspecified atom stereocenters. The van der Waals surface area contributed by atoms with E-state index in [-0.39, 0.29) is 0 Å².